The van der Waals surface area contributed by atoms with Gasteiger partial charge in [-0.3, -0.25) is 14.1 Å². The van der Waals surface area contributed by atoms with Crippen molar-refractivity contribution in [3.8, 4) is 6.07 Å². The SMILES string of the molecule is CCOC(=O)C1CCN(/C=C(/C#N)C(=O)Nc2cccc(S(=O)(=O)O)c2)CC1. The first-order valence-corrected chi connectivity index (χ1v) is 10.1. The minimum absolute atomic E-state index is 0.127. The Hall–Kier alpha value is -2.90. The Labute approximate surface area is 163 Å². The summed E-state index contributed by atoms with van der Waals surface area (Å²) in [6.45, 7) is 3.08. The zero-order valence-electron chi connectivity index (χ0n) is 15.3. The number of hydrogen-bond acceptors (Lipinski definition) is 7. The molecular weight excluding hydrogens is 386 g/mol. The van der Waals surface area contributed by atoms with E-state index in [0.29, 0.717) is 32.5 Å². The van der Waals surface area contributed by atoms with Crippen LogP contribution in [0.4, 0.5) is 5.69 Å². The van der Waals surface area contributed by atoms with E-state index in [-0.39, 0.29) is 28.0 Å². The van der Waals surface area contributed by atoms with Crippen LogP contribution in [0.1, 0.15) is 19.8 Å². The van der Waals surface area contributed by atoms with Gasteiger partial charge in [0.15, 0.2) is 0 Å². The van der Waals surface area contributed by atoms with Gasteiger partial charge in [-0.25, -0.2) is 0 Å². The number of amides is 1. The maximum atomic E-state index is 12.3. The number of nitrogens with one attached hydrogen (secondary N) is 1. The molecule has 1 aromatic carbocycles. The number of anilines is 1. The lowest BCUT2D eigenvalue weighted by Gasteiger charge is -2.30. The highest BCUT2D eigenvalue weighted by atomic mass is 32.2. The van der Waals surface area contributed by atoms with Crippen molar-refractivity contribution >= 4 is 27.7 Å². The predicted molar refractivity (Wildman–Crippen MR) is 99.5 cm³/mol. The summed E-state index contributed by atoms with van der Waals surface area (Å²) in [7, 11) is -4.40. The zero-order chi connectivity index (χ0) is 20.7. The van der Waals surface area contributed by atoms with Gasteiger partial charge in [-0.05, 0) is 38.0 Å². The monoisotopic (exact) mass is 407 g/mol. The third kappa shape index (κ3) is 5.80. The van der Waals surface area contributed by atoms with Crippen LogP contribution in [-0.2, 0) is 24.4 Å². The highest BCUT2D eigenvalue weighted by Crippen LogP contribution is 2.20. The lowest BCUT2D eigenvalue weighted by Crippen LogP contribution is -2.34. The molecule has 1 aliphatic rings. The number of nitriles is 1. The zero-order valence-corrected chi connectivity index (χ0v) is 16.1. The standard InChI is InChI=1S/C18H21N3O6S/c1-2-27-18(23)13-6-8-21(9-7-13)12-14(11-19)17(22)20-15-4-3-5-16(10-15)28(24,25)26/h3-5,10,12-13H,2,6-9H2,1H3,(H,20,22)(H,24,25,26)/b14-12-. The molecule has 150 valence electrons. The minimum Gasteiger partial charge on any atom is -0.466 e. The number of likely N-dealkylation sites (tertiary alicyclic amines) is 1. The lowest BCUT2D eigenvalue weighted by molar-refractivity contribution is -0.149. The summed E-state index contributed by atoms with van der Waals surface area (Å²) in [5, 5.41) is 11.7. The quantitative estimate of drug-likeness (QED) is 0.314. The molecule has 0 spiro atoms. The molecule has 2 rings (SSSR count). The largest absolute Gasteiger partial charge is 0.466 e. The lowest BCUT2D eigenvalue weighted by atomic mass is 9.97. The molecule has 28 heavy (non-hydrogen) atoms. The molecule has 1 aromatic rings. The molecule has 0 bridgehead atoms. The minimum atomic E-state index is -4.40. The fourth-order valence-electron chi connectivity index (χ4n) is 2.78. The van der Waals surface area contributed by atoms with Crippen molar-refractivity contribution in [1.29, 1.82) is 5.26 Å². The predicted octanol–water partition coefficient (Wildman–Crippen LogP) is 1.55. The van der Waals surface area contributed by atoms with E-state index < -0.39 is 16.0 Å². The Morgan fingerprint density at radius 3 is 2.64 bits per heavy atom. The first-order valence-electron chi connectivity index (χ1n) is 8.66. The number of piperidine rings is 1. The Bertz CT molecular complexity index is 911. The Kier molecular flexibility index (Phi) is 7.14. The van der Waals surface area contributed by atoms with Crippen LogP contribution in [0.15, 0.2) is 40.9 Å². The number of esters is 1. The molecule has 0 atom stereocenters. The molecule has 1 fully saturated rings. The van der Waals surface area contributed by atoms with Crippen LogP contribution in [-0.4, -0.2) is 49.4 Å². The second-order valence-electron chi connectivity index (χ2n) is 6.17. The Morgan fingerprint density at radius 1 is 1.39 bits per heavy atom. The van der Waals surface area contributed by atoms with Crippen LogP contribution < -0.4 is 5.32 Å². The van der Waals surface area contributed by atoms with Gasteiger partial charge in [-0.1, -0.05) is 6.07 Å². The summed E-state index contributed by atoms with van der Waals surface area (Å²) >= 11 is 0. The molecule has 0 unspecified atom stereocenters. The second-order valence-corrected chi connectivity index (χ2v) is 7.60. The summed E-state index contributed by atoms with van der Waals surface area (Å²) in [6.07, 6.45) is 2.54. The Balaban J connectivity index is 2.03. The van der Waals surface area contributed by atoms with Gasteiger partial charge in [0.25, 0.3) is 16.0 Å². The first-order chi connectivity index (χ1) is 13.2. The molecule has 0 aliphatic carbocycles. The topological polar surface area (TPSA) is 137 Å². The summed E-state index contributed by atoms with van der Waals surface area (Å²) < 4.78 is 36.4. The van der Waals surface area contributed by atoms with Gasteiger partial charge in [-0.2, -0.15) is 13.7 Å². The number of nitrogens with zero attached hydrogens (tertiary/aromatic N) is 2. The molecule has 1 amide bonds. The smallest absolute Gasteiger partial charge is 0.309 e. The van der Waals surface area contributed by atoms with E-state index in [9.17, 15) is 23.3 Å². The van der Waals surface area contributed by atoms with Crippen LogP contribution >= 0.6 is 0 Å². The molecule has 1 heterocycles. The van der Waals surface area contributed by atoms with Crippen molar-refractivity contribution in [3.63, 3.8) is 0 Å². The number of ether oxygens (including phenoxy) is 1. The number of hydrogen-bond donors (Lipinski definition) is 2. The fourth-order valence-corrected chi connectivity index (χ4v) is 3.30. The van der Waals surface area contributed by atoms with E-state index >= 15 is 0 Å². The third-order valence-electron chi connectivity index (χ3n) is 4.22. The normalized spacial score (nSPS) is 15.6. The summed E-state index contributed by atoms with van der Waals surface area (Å²) in [4.78, 5) is 25.5. The van der Waals surface area contributed by atoms with E-state index in [4.69, 9.17) is 9.29 Å². The maximum absolute atomic E-state index is 12.3. The molecule has 10 heteroatoms. The highest BCUT2D eigenvalue weighted by Gasteiger charge is 2.25. The molecule has 2 N–H and O–H groups in total. The third-order valence-corrected chi connectivity index (χ3v) is 5.07. The van der Waals surface area contributed by atoms with Crippen molar-refractivity contribution < 1.29 is 27.3 Å². The van der Waals surface area contributed by atoms with Gasteiger partial charge in [0.1, 0.15) is 11.6 Å². The number of rotatable bonds is 6. The number of carbonyl (C=O) groups is 2. The van der Waals surface area contributed by atoms with Gasteiger partial charge in [-0.15, -0.1) is 0 Å². The molecule has 0 saturated carbocycles. The van der Waals surface area contributed by atoms with Gasteiger partial charge in [0.05, 0.1) is 17.4 Å². The number of carbonyl (C=O) groups excluding carboxylic acids is 2. The van der Waals surface area contributed by atoms with Gasteiger partial charge < -0.3 is 15.0 Å². The average molecular weight is 407 g/mol. The van der Waals surface area contributed by atoms with Crippen molar-refractivity contribution in [1.82, 2.24) is 4.90 Å². The van der Waals surface area contributed by atoms with Crippen LogP contribution in [0, 0.1) is 17.2 Å². The Morgan fingerprint density at radius 2 is 2.07 bits per heavy atom. The van der Waals surface area contributed by atoms with E-state index in [2.05, 4.69) is 5.32 Å². The average Bonchev–Trinajstić information content (AvgIpc) is 2.66. The van der Waals surface area contributed by atoms with Crippen LogP contribution in [0.3, 0.4) is 0 Å². The van der Waals surface area contributed by atoms with Gasteiger partial charge >= 0.3 is 5.97 Å². The fraction of sp³-hybridized carbons (Fsp3) is 0.389. The van der Waals surface area contributed by atoms with Gasteiger partial charge in [0.2, 0.25) is 0 Å². The van der Waals surface area contributed by atoms with E-state index in [1.807, 2.05) is 6.07 Å². The number of benzene rings is 1. The summed E-state index contributed by atoms with van der Waals surface area (Å²) in [6, 6.07) is 6.88. The second kappa shape index (κ2) is 9.34. The molecule has 1 aliphatic heterocycles. The van der Waals surface area contributed by atoms with Crippen LogP contribution in [0.5, 0.6) is 0 Å². The van der Waals surface area contributed by atoms with Crippen molar-refractivity contribution in [2.45, 2.75) is 24.7 Å². The summed E-state index contributed by atoms with van der Waals surface area (Å²) in [5.41, 5.74) is -0.0332. The first kappa shape index (κ1) is 21.4. The molecule has 0 aromatic heterocycles. The van der Waals surface area contributed by atoms with E-state index in [1.54, 1.807) is 11.8 Å². The highest BCUT2D eigenvalue weighted by molar-refractivity contribution is 7.85. The summed E-state index contributed by atoms with van der Waals surface area (Å²) in [5.74, 6) is -1.13. The molecular formula is C18H21N3O6S. The van der Waals surface area contributed by atoms with Crippen molar-refractivity contribution in [2.24, 2.45) is 5.92 Å². The molecule has 1 saturated heterocycles. The van der Waals surface area contributed by atoms with Gasteiger partial charge in [0, 0.05) is 25.0 Å². The molecule has 0 radical (unpaired) electrons. The van der Waals surface area contributed by atoms with Crippen LogP contribution in [0.25, 0.3) is 0 Å². The van der Waals surface area contributed by atoms with Crippen molar-refractivity contribution in [3.05, 3.63) is 36.0 Å². The molecule has 9 nitrogen and oxygen atoms in total. The maximum Gasteiger partial charge on any atom is 0.309 e. The van der Waals surface area contributed by atoms with E-state index in [1.165, 1.54) is 24.4 Å². The van der Waals surface area contributed by atoms with Crippen LogP contribution in [0.2, 0.25) is 0 Å². The van der Waals surface area contributed by atoms with Crippen molar-refractivity contribution in [2.75, 3.05) is 25.0 Å². The van der Waals surface area contributed by atoms with E-state index in [0.717, 1.165) is 6.07 Å².